The van der Waals surface area contributed by atoms with Crippen LogP contribution in [-0.4, -0.2) is 45.2 Å². The second-order valence-corrected chi connectivity index (χ2v) is 7.71. The van der Waals surface area contributed by atoms with Crippen LogP contribution < -0.4 is 5.32 Å². The lowest BCUT2D eigenvalue weighted by Gasteiger charge is -2.27. The maximum absolute atomic E-state index is 12.7. The van der Waals surface area contributed by atoms with Crippen LogP contribution in [0.2, 0.25) is 0 Å². The van der Waals surface area contributed by atoms with Gasteiger partial charge in [-0.2, -0.15) is 16.9 Å². The zero-order valence-corrected chi connectivity index (χ0v) is 15.9. The minimum absolute atomic E-state index is 0.189. The van der Waals surface area contributed by atoms with Gasteiger partial charge in [0.05, 0.1) is 5.69 Å². The van der Waals surface area contributed by atoms with Crippen molar-refractivity contribution in [3.05, 3.63) is 78.1 Å². The number of anilines is 1. The van der Waals surface area contributed by atoms with Crippen molar-refractivity contribution in [1.29, 1.82) is 0 Å². The Hall–Kier alpha value is -2.57. The maximum Gasteiger partial charge on any atom is 0.276 e. The van der Waals surface area contributed by atoms with E-state index in [1.54, 1.807) is 10.7 Å². The third kappa shape index (κ3) is 4.40. The van der Waals surface area contributed by atoms with E-state index in [4.69, 9.17) is 0 Å². The summed E-state index contributed by atoms with van der Waals surface area (Å²) in [5, 5.41) is 7.45. The van der Waals surface area contributed by atoms with Crippen LogP contribution in [0.25, 0.3) is 5.69 Å². The third-order valence-electron chi connectivity index (χ3n) is 4.61. The van der Waals surface area contributed by atoms with Crippen LogP contribution >= 0.6 is 11.8 Å². The van der Waals surface area contributed by atoms with Gasteiger partial charge in [-0.1, -0.05) is 36.4 Å². The van der Waals surface area contributed by atoms with Crippen LogP contribution in [0.3, 0.4) is 0 Å². The molecule has 2 heterocycles. The predicted octanol–water partition coefficient (Wildman–Crippen LogP) is 3.67. The van der Waals surface area contributed by atoms with Crippen molar-refractivity contribution in [3.8, 4) is 5.69 Å². The van der Waals surface area contributed by atoms with Crippen molar-refractivity contribution in [2.24, 2.45) is 0 Å². The fourth-order valence-electron chi connectivity index (χ4n) is 3.14. The van der Waals surface area contributed by atoms with Gasteiger partial charge in [-0.15, -0.1) is 0 Å². The summed E-state index contributed by atoms with van der Waals surface area (Å²) in [6.45, 7) is 3.04. The Morgan fingerprint density at radius 2 is 1.74 bits per heavy atom. The summed E-state index contributed by atoms with van der Waals surface area (Å²) in [5.41, 5.74) is 3.33. The number of thioether (sulfide) groups is 1. The van der Waals surface area contributed by atoms with E-state index < -0.39 is 0 Å². The van der Waals surface area contributed by atoms with Crippen LogP contribution in [0.5, 0.6) is 0 Å². The Morgan fingerprint density at radius 1 is 1.00 bits per heavy atom. The van der Waals surface area contributed by atoms with E-state index in [0.29, 0.717) is 5.69 Å². The number of para-hydroxylation sites is 2. The van der Waals surface area contributed by atoms with Crippen molar-refractivity contribution in [1.82, 2.24) is 14.7 Å². The topological polar surface area (TPSA) is 50.2 Å². The molecule has 1 amide bonds. The molecule has 138 valence electrons. The van der Waals surface area contributed by atoms with Crippen molar-refractivity contribution < 1.29 is 4.79 Å². The predicted molar refractivity (Wildman–Crippen MR) is 111 cm³/mol. The quantitative estimate of drug-likeness (QED) is 0.736. The molecule has 2 aromatic carbocycles. The van der Waals surface area contributed by atoms with Crippen LogP contribution in [-0.2, 0) is 6.54 Å². The highest BCUT2D eigenvalue weighted by Gasteiger charge is 2.15. The van der Waals surface area contributed by atoms with Crippen LogP contribution in [0.1, 0.15) is 16.1 Å². The number of nitrogens with zero attached hydrogens (tertiary/aromatic N) is 3. The van der Waals surface area contributed by atoms with Crippen LogP contribution in [0.4, 0.5) is 5.69 Å². The highest BCUT2D eigenvalue weighted by molar-refractivity contribution is 7.99. The highest BCUT2D eigenvalue weighted by atomic mass is 32.2. The first kappa shape index (κ1) is 17.8. The van der Waals surface area contributed by atoms with Crippen molar-refractivity contribution in [2.45, 2.75) is 6.54 Å². The molecule has 1 fully saturated rings. The number of benzene rings is 2. The van der Waals surface area contributed by atoms with Gasteiger partial charge in [-0.05, 0) is 29.8 Å². The molecule has 0 spiro atoms. The number of nitrogens with one attached hydrogen (secondary N) is 1. The number of hydrogen-bond acceptors (Lipinski definition) is 4. The lowest BCUT2D eigenvalue weighted by Crippen LogP contribution is -2.32. The molecule has 1 aliphatic heterocycles. The Kier molecular flexibility index (Phi) is 5.55. The molecular weight excluding hydrogens is 356 g/mol. The zero-order chi connectivity index (χ0) is 18.5. The molecule has 5 nitrogen and oxygen atoms in total. The molecule has 0 unspecified atom stereocenters. The van der Waals surface area contributed by atoms with Gasteiger partial charge in [-0.3, -0.25) is 9.69 Å². The molecule has 0 atom stereocenters. The lowest BCUT2D eigenvalue weighted by molar-refractivity contribution is 0.102. The number of carbonyl (C=O) groups excluding carboxylic acids is 1. The monoisotopic (exact) mass is 378 g/mol. The summed E-state index contributed by atoms with van der Waals surface area (Å²) < 4.78 is 1.71. The van der Waals surface area contributed by atoms with Gasteiger partial charge >= 0.3 is 0 Å². The number of hydrogen-bond donors (Lipinski definition) is 1. The minimum Gasteiger partial charge on any atom is -0.320 e. The van der Waals surface area contributed by atoms with E-state index in [1.807, 2.05) is 66.5 Å². The lowest BCUT2D eigenvalue weighted by atomic mass is 10.1. The molecule has 6 heteroatoms. The molecule has 0 saturated carbocycles. The Bertz CT molecular complexity index is 903. The average Bonchev–Trinajstić information content (AvgIpc) is 3.21. The molecule has 1 saturated heterocycles. The zero-order valence-electron chi connectivity index (χ0n) is 15.0. The first-order valence-corrected chi connectivity index (χ1v) is 10.3. The summed E-state index contributed by atoms with van der Waals surface area (Å²) in [6.07, 6.45) is 1.81. The molecular formula is C21H22N4OS. The summed E-state index contributed by atoms with van der Waals surface area (Å²) in [7, 11) is 0. The smallest absolute Gasteiger partial charge is 0.276 e. The van der Waals surface area contributed by atoms with E-state index >= 15 is 0 Å². The molecule has 0 aliphatic carbocycles. The van der Waals surface area contributed by atoms with Crippen molar-refractivity contribution in [3.63, 3.8) is 0 Å². The fourth-order valence-corrected chi connectivity index (χ4v) is 4.11. The normalized spacial score (nSPS) is 14.8. The van der Waals surface area contributed by atoms with Gasteiger partial charge in [-0.25, -0.2) is 4.68 Å². The average molecular weight is 379 g/mol. The second-order valence-electron chi connectivity index (χ2n) is 6.48. The molecule has 3 aromatic rings. The molecule has 1 N–H and O–H groups in total. The molecule has 4 rings (SSSR count). The van der Waals surface area contributed by atoms with E-state index in [0.717, 1.165) is 36.6 Å². The van der Waals surface area contributed by atoms with Crippen molar-refractivity contribution >= 4 is 23.4 Å². The molecule has 0 bridgehead atoms. The Labute approximate surface area is 163 Å². The van der Waals surface area contributed by atoms with E-state index in [-0.39, 0.29) is 5.91 Å². The van der Waals surface area contributed by atoms with Gasteiger partial charge < -0.3 is 5.32 Å². The van der Waals surface area contributed by atoms with E-state index in [1.165, 1.54) is 11.5 Å². The summed E-state index contributed by atoms with van der Waals surface area (Å²) in [4.78, 5) is 15.1. The molecule has 1 aromatic heterocycles. The number of amides is 1. The SMILES string of the molecule is O=C(Nc1ccccc1CN1CCSCC1)c1ccn(-c2ccccc2)n1. The van der Waals surface area contributed by atoms with Crippen LogP contribution in [0.15, 0.2) is 66.9 Å². The summed E-state index contributed by atoms with van der Waals surface area (Å²) >= 11 is 2.00. The van der Waals surface area contributed by atoms with Gasteiger partial charge in [0, 0.05) is 43.0 Å². The number of aromatic nitrogens is 2. The van der Waals surface area contributed by atoms with Crippen LogP contribution in [0, 0.1) is 0 Å². The molecule has 27 heavy (non-hydrogen) atoms. The summed E-state index contributed by atoms with van der Waals surface area (Å²) in [5.74, 6) is 2.16. The van der Waals surface area contributed by atoms with E-state index in [9.17, 15) is 4.79 Å². The maximum atomic E-state index is 12.7. The van der Waals surface area contributed by atoms with Gasteiger partial charge in [0.2, 0.25) is 0 Å². The van der Waals surface area contributed by atoms with E-state index in [2.05, 4.69) is 21.4 Å². The first-order valence-electron chi connectivity index (χ1n) is 9.10. The Morgan fingerprint density at radius 3 is 2.56 bits per heavy atom. The summed E-state index contributed by atoms with van der Waals surface area (Å²) in [6, 6.07) is 19.5. The minimum atomic E-state index is -0.189. The fraction of sp³-hybridized carbons (Fsp3) is 0.238. The molecule has 0 radical (unpaired) electrons. The second kappa shape index (κ2) is 8.41. The third-order valence-corrected chi connectivity index (χ3v) is 5.55. The van der Waals surface area contributed by atoms with Gasteiger partial charge in [0.25, 0.3) is 5.91 Å². The number of rotatable bonds is 5. The standard InChI is InChI=1S/C21H22N4OS/c26-21(20-10-11-25(23-20)18-7-2-1-3-8-18)22-19-9-5-4-6-17(19)16-24-12-14-27-15-13-24/h1-11H,12-16H2,(H,22,26). The largest absolute Gasteiger partial charge is 0.320 e. The van der Waals surface area contributed by atoms with Gasteiger partial charge in [0.15, 0.2) is 5.69 Å². The highest BCUT2D eigenvalue weighted by Crippen LogP contribution is 2.20. The van der Waals surface area contributed by atoms with Crippen molar-refractivity contribution in [2.75, 3.05) is 29.9 Å². The first-order chi connectivity index (χ1) is 13.3. The number of carbonyl (C=O) groups is 1. The molecule has 1 aliphatic rings. The Balaban J connectivity index is 1.48. The van der Waals surface area contributed by atoms with Gasteiger partial charge in [0.1, 0.15) is 0 Å².